The Bertz CT molecular complexity index is 1680. The average molecular weight is 661 g/mol. The second-order valence-corrected chi connectivity index (χ2v) is 11.0. The zero-order valence-corrected chi connectivity index (χ0v) is 25.4. The Labute approximate surface area is 269 Å². The van der Waals surface area contributed by atoms with Gasteiger partial charge in [-0.3, -0.25) is 0 Å². The molecule has 0 aliphatic carbocycles. The summed E-state index contributed by atoms with van der Waals surface area (Å²) in [5.41, 5.74) is 9.35. The van der Waals surface area contributed by atoms with Crippen molar-refractivity contribution in [2.24, 2.45) is 0 Å². The van der Waals surface area contributed by atoms with E-state index in [0.29, 0.717) is 0 Å². The first kappa shape index (κ1) is 34.3. The molecule has 2 heterocycles. The smallest absolute Gasteiger partial charge is 0.222 e. The van der Waals surface area contributed by atoms with E-state index in [1.165, 1.54) is 22.3 Å². The molecular formula is C34H26Cl2N2O8. The molecule has 0 amide bonds. The van der Waals surface area contributed by atoms with Gasteiger partial charge in [0.15, 0.2) is 6.20 Å². The third kappa shape index (κ3) is 10.2. The molecule has 10 nitrogen and oxygen atoms in total. The number of aromatic amines is 1. The molecule has 1 N–H and O–H groups in total. The highest BCUT2D eigenvalue weighted by atomic mass is 35.7. The van der Waals surface area contributed by atoms with Gasteiger partial charge in [-0.25, -0.2) is 37.3 Å². The SMILES string of the molecule is [O-][Cl+3]([O-])([O-])[O-].[O-][Cl+3]([O-])([O-])[O-].c1ccc(-c2cc(-c3ccccc3)[n+](-c3cccc[nH+]3)c(-c3ccccc3)c2-c2ccccc2)cc1. The van der Waals surface area contributed by atoms with E-state index >= 15 is 0 Å². The lowest BCUT2D eigenvalue weighted by atomic mass is 9.89. The summed E-state index contributed by atoms with van der Waals surface area (Å²) < 4.78 is 70.3. The minimum atomic E-state index is -4.94. The van der Waals surface area contributed by atoms with Gasteiger partial charge in [0, 0.05) is 28.8 Å². The van der Waals surface area contributed by atoms with Gasteiger partial charge in [-0.15, -0.1) is 20.5 Å². The largest absolute Gasteiger partial charge is 0.448 e. The molecule has 12 heteroatoms. The van der Waals surface area contributed by atoms with Gasteiger partial charge >= 0.3 is 5.82 Å². The Morgan fingerprint density at radius 1 is 0.435 bits per heavy atom. The highest BCUT2D eigenvalue weighted by Gasteiger charge is 2.33. The number of aromatic nitrogens is 2. The Hall–Kier alpha value is -4.56. The monoisotopic (exact) mass is 660 g/mol. The van der Waals surface area contributed by atoms with Crippen LogP contribution in [0.4, 0.5) is 0 Å². The van der Waals surface area contributed by atoms with Crippen molar-refractivity contribution in [3.05, 3.63) is 152 Å². The number of rotatable bonds is 5. The molecule has 0 saturated carbocycles. The van der Waals surface area contributed by atoms with Crippen LogP contribution in [0.5, 0.6) is 0 Å². The van der Waals surface area contributed by atoms with Gasteiger partial charge < -0.3 is 0 Å². The molecule has 234 valence electrons. The summed E-state index contributed by atoms with van der Waals surface area (Å²) in [6.45, 7) is 0. The van der Waals surface area contributed by atoms with Crippen molar-refractivity contribution in [1.29, 1.82) is 0 Å². The molecule has 4 aromatic carbocycles. The normalized spacial score (nSPS) is 11.0. The fraction of sp³-hybridized carbons (Fsp3) is 0. The van der Waals surface area contributed by atoms with Crippen LogP contribution < -0.4 is 46.8 Å². The Morgan fingerprint density at radius 3 is 1.26 bits per heavy atom. The van der Waals surface area contributed by atoms with Gasteiger partial charge in [-0.1, -0.05) is 102 Å². The number of H-pyrrole nitrogens is 1. The summed E-state index contributed by atoms with van der Waals surface area (Å²) in [5, 5.41) is 0. The molecule has 0 atom stereocenters. The molecule has 0 unspecified atom stereocenters. The zero-order chi connectivity index (χ0) is 33.2. The van der Waals surface area contributed by atoms with Gasteiger partial charge in [0.25, 0.3) is 0 Å². The van der Waals surface area contributed by atoms with Gasteiger partial charge in [0.1, 0.15) is 0 Å². The van der Waals surface area contributed by atoms with E-state index in [4.69, 9.17) is 37.3 Å². The van der Waals surface area contributed by atoms with E-state index in [0.717, 1.165) is 28.3 Å². The molecule has 0 spiro atoms. The summed E-state index contributed by atoms with van der Waals surface area (Å²) in [6.07, 6.45) is 1.99. The second-order valence-electron chi connectivity index (χ2n) is 9.47. The molecule has 0 bridgehead atoms. The molecule has 46 heavy (non-hydrogen) atoms. The molecule has 0 saturated heterocycles. The van der Waals surface area contributed by atoms with Crippen LogP contribution >= 0.6 is 0 Å². The number of pyridine rings is 2. The van der Waals surface area contributed by atoms with Crippen molar-refractivity contribution in [2.45, 2.75) is 0 Å². The summed E-state index contributed by atoms with van der Waals surface area (Å²) >= 11 is 0. The minimum Gasteiger partial charge on any atom is -0.222 e. The molecule has 0 aliphatic heterocycles. The first-order chi connectivity index (χ1) is 21.9. The summed E-state index contributed by atoms with van der Waals surface area (Å²) in [7, 11) is -9.89. The molecule has 2 aromatic heterocycles. The van der Waals surface area contributed by atoms with E-state index in [9.17, 15) is 0 Å². The van der Waals surface area contributed by atoms with Gasteiger partial charge in [0.05, 0.1) is 11.6 Å². The van der Waals surface area contributed by atoms with E-state index in [1.807, 2.05) is 12.3 Å². The van der Waals surface area contributed by atoms with E-state index in [-0.39, 0.29) is 0 Å². The molecule has 6 aromatic rings. The number of hydrogen-bond acceptors (Lipinski definition) is 8. The van der Waals surface area contributed by atoms with Crippen LogP contribution in [0.25, 0.3) is 50.6 Å². The lowest BCUT2D eigenvalue weighted by Gasteiger charge is -2.17. The van der Waals surface area contributed by atoms with Crippen molar-refractivity contribution < 1.29 is 67.3 Å². The van der Waals surface area contributed by atoms with Gasteiger partial charge in [-0.2, -0.15) is 4.98 Å². The molecule has 0 fully saturated rings. The Kier molecular flexibility index (Phi) is 11.7. The van der Waals surface area contributed by atoms with E-state index < -0.39 is 20.5 Å². The van der Waals surface area contributed by atoms with E-state index in [1.54, 1.807) is 0 Å². The van der Waals surface area contributed by atoms with E-state index in [2.05, 4.69) is 149 Å². The second kappa shape index (κ2) is 15.6. The fourth-order valence-electron chi connectivity index (χ4n) is 4.84. The maximum absolute atomic E-state index is 8.49. The van der Waals surface area contributed by atoms with Crippen LogP contribution in [0.2, 0.25) is 0 Å². The van der Waals surface area contributed by atoms with Crippen LogP contribution in [-0.2, 0) is 0 Å². The Morgan fingerprint density at radius 2 is 0.826 bits per heavy atom. The summed E-state index contributed by atoms with van der Waals surface area (Å²) in [4.78, 5) is 3.51. The number of nitrogens with zero attached hydrogens (tertiary/aromatic N) is 1. The maximum atomic E-state index is 8.49. The first-order valence-corrected chi connectivity index (χ1v) is 15.9. The molecule has 0 radical (unpaired) electrons. The molecule has 0 aliphatic rings. The van der Waals surface area contributed by atoms with Crippen molar-refractivity contribution >= 4 is 0 Å². The minimum absolute atomic E-state index is 1.01. The lowest BCUT2D eigenvalue weighted by molar-refractivity contribution is -2.00. The first-order valence-electron chi connectivity index (χ1n) is 13.5. The maximum Gasteiger partial charge on any atom is 0.448 e. The van der Waals surface area contributed by atoms with Crippen molar-refractivity contribution in [1.82, 2.24) is 0 Å². The van der Waals surface area contributed by atoms with Crippen LogP contribution in [0.1, 0.15) is 0 Å². The van der Waals surface area contributed by atoms with Crippen LogP contribution in [0.3, 0.4) is 0 Å². The quantitative estimate of drug-likeness (QED) is 0.188. The van der Waals surface area contributed by atoms with Gasteiger partial charge in [0.2, 0.25) is 11.4 Å². The lowest BCUT2D eigenvalue weighted by Crippen LogP contribution is -2.68. The number of benzene rings is 4. The van der Waals surface area contributed by atoms with Crippen LogP contribution in [0, 0.1) is 20.5 Å². The average Bonchev–Trinajstić information content (AvgIpc) is 3.04. The highest BCUT2D eigenvalue weighted by molar-refractivity contribution is 5.93. The third-order valence-electron chi connectivity index (χ3n) is 6.45. The van der Waals surface area contributed by atoms with Crippen LogP contribution in [0.15, 0.2) is 152 Å². The van der Waals surface area contributed by atoms with Crippen LogP contribution in [-0.4, -0.2) is 0 Å². The highest BCUT2D eigenvalue weighted by Crippen LogP contribution is 2.40. The molecular weight excluding hydrogens is 635 g/mol. The standard InChI is InChI=1S/C34H25N2.2ClHO4/c1-5-15-26(16-6-1)30-25-31(27-17-7-2-8-18-27)36(32-23-13-14-24-35-32)34(29-21-11-4-12-22-29)33(30)28-19-9-3-10-20-28;2*2-1(3,4)5/h1-25H;2*(H,2,3,4,5)/q+1;;/p-1. The predicted molar refractivity (Wildman–Crippen MR) is 146 cm³/mol. The predicted octanol–water partition coefficient (Wildman–Crippen LogP) is -2.07. The zero-order valence-electron chi connectivity index (χ0n) is 23.9. The molecule has 6 rings (SSSR count). The van der Waals surface area contributed by atoms with Crippen molar-refractivity contribution in [3.8, 4) is 50.6 Å². The Balaban J connectivity index is 0.000000421. The summed E-state index contributed by atoms with van der Waals surface area (Å²) in [5.74, 6) is 1.01. The van der Waals surface area contributed by atoms with Gasteiger partial charge in [-0.05, 0) is 41.5 Å². The topological polar surface area (TPSA) is 202 Å². The number of halogens is 2. The number of hydrogen-bond donors (Lipinski definition) is 0. The summed E-state index contributed by atoms with van der Waals surface area (Å²) in [6, 6.07) is 51.3. The van der Waals surface area contributed by atoms with Crippen molar-refractivity contribution in [2.75, 3.05) is 0 Å². The van der Waals surface area contributed by atoms with Crippen molar-refractivity contribution in [3.63, 3.8) is 0 Å². The number of nitrogens with one attached hydrogen (secondary N) is 1. The fourth-order valence-corrected chi connectivity index (χ4v) is 4.84. The third-order valence-corrected chi connectivity index (χ3v) is 6.45.